The van der Waals surface area contributed by atoms with Crippen LogP contribution in [-0.2, 0) is 14.4 Å². The summed E-state index contributed by atoms with van der Waals surface area (Å²) in [5, 5.41) is 6.30. The molecule has 0 saturated carbocycles. The molecule has 6 aliphatic heterocycles. The summed E-state index contributed by atoms with van der Waals surface area (Å²) in [4.78, 5) is 62.9. The van der Waals surface area contributed by atoms with Crippen LogP contribution >= 0.6 is 0 Å². The number of piperidine rings is 2. The smallest absolute Gasteiger partial charge is 0.254 e. The topological polar surface area (TPSA) is 105 Å². The van der Waals surface area contributed by atoms with Crippen molar-refractivity contribution in [2.24, 2.45) is 11.8 Å². The highest BCUT2D eigenvalue weighted by Crippen LogP contribution is 2.32. The van der Waals surface area contributed by atoms with E-state index in [0.717, 1.165) is 71.2 Å². The molecule has 6 aliphatic rings. The second-order valence-corrected chi connectivity index (χ2v) is 14.1. The molecule has 0 aliphatic carbocycles. The van der Waals surface area contributed by atoms with E-state index in [1.165, 1.54) is 29.2 Å². The number of hydrogen-bond donors (Lipinski definition) is 2. The molecule has 2 N–H and O–H groups in total. The molecule has 11 heteroatoms. The van der Waals surface area contributed by atoms with Crippen molar-refractivity contribution in [3.8, 4) is 0 Å². The van der Waals surface area contributed by atoms with Gasteiger partial charge in [-0.05, 0) is 108 Å². The Hall–Kier alpha value is -3.05. The molecule has 1 aromatic rings. The van der Waals surface area contributed by atoms with E-state index in [1.807, 2.05) is 4.90 Å². The van der Waals surface area contributed by atoms with Crippen LogP contribution in [0.2, 0.25) is 0 Å². The number of carbonyl (C=O) groups excluding carboxylic acids is 4. The van der Waals surface area contributed by atoms with E-state index >= 15 is 0 Å². The first-order valence-electron chi connectivity index (χ1n) is 17.1. The molecule has 7 rings (SSSR count). The van der Waals surface area contributed by atoms with E-state index in [2.05, 4.69) is 34.3 Å². The summed E-state index contributed by atoms with van der Waals surface area (Å²) in [6.07, 6.45) is 6.04. The summed E-state index contributed by atoms with van der Waals surface area (Å²) in [7, 11) is 0. The molecule has 0 spiro atoms. The number of carbonyl (C=O) groups is 4. The SMILES string of the molecule is CC(C)N1CC[C@H]2CC(=O)N3CCC(CC3)N3CCC[C@H]3C(=O)N[C@H]3C[C@@H](C(=O)NCC[C@H]2C1)N(C(=O)c1ccc(F)cc1)C3. The predicted octanol–water partition coefficient (Wildman–Crippen LogP) is 2.24. The van der Waals surface area contributed by atoms with Crippen LogP contribution in [0.1, 0.15) is 75.6 Å². The maximum absolute atomic E-state index is 13.7. The Balaban J connectivity index is 1.24. The van der Waals surface area contributed by atoms with Crippen molar-refractivity contribution in [1.82, 2.24) is 30.2 Å². The number of hydrogen-bond acceptors (Lipinski definition) is 6. The summed E-state index contributed by atoms with van der Waals surface area (Å²) < 4.78 is 13.6. The molecule has 0 unspecified atom stereocenters. The average Bonchev–Trinajstić information content (AvgIpc) is 3.69. The van der Waals surface area contributed by atoms with Gasteiger partial charge in [-0.3, -0.25) is 24.1 Å². The molecule has 1 aromatic carbocycles. The van der Waals surface area contributed by atoms with Crippen molar-refractivity contribution in [3.05, 3.63) is 35.6 Å². The van der Waals surface area contributed by atoms with Crippen LogP contribution in [0.3, 0.4) is 0 Å². The van der Waals surface area contributed by atoms with E-state index in [4.69, 9.17) is 0 Å². The molecule has 45 heavy (non-hydrogen) atoms. The average molecular weight is 625 g/mol. The van der Waals surface area contributed by atoms with Crippen LogP contribution in [-0.4, -0.2) is 119 Å². The Morgan fingerprint density at radius 2 is 1.62 bits per heavy atom. The highest BCUT2D eigenvalue weighted by Gasteiger charge is 2.43. The first-order valence-corrected chi connectivity index (χ1v) is 17.1. The van der Waals surface area contributed by atoms with Crippen molar-refractivity contribution in [3.63, 3.8) is 0 Å². The Kier molecular flexibility index (Phi) is 9.75. The van der Waals surface area contributed by atoms with E-state index in [-0.39, 0.29) is 60.1 Å². The fourth-order valence-corrected chi connectivity index (χ4v) is 8.45. The van der Waals surface area contributed by atoms with Crippen LogP contribution in [0.4, 0.5) is 4.39 Å². The second kappa shape index (κ2) is 13.7. The van der Waals surface area contributed by atoms with Gasteiger partial charge in [0.1, 0.15) is 11.9 Å². The highest BCUT2D eigenvalue weighted by molar-refractivity contribution is 5.98. The molecule has 6 fully saturated rings. The van der Waals surface area contributed by atoms with Crippen molar-refractivity contribution in [2.45, 2.75) is 95.4 Å². The zero-order chi connectivity index (χ0) is 31.7. The van der Waals surface area contributed by atoms with Crippen LogP contribution in [0.25, 0.3) is 0 Å². The number of nitrogens with one attached hydrogen (secondary N) is 2. The first-order chi connectivity index (χ1) is 21.7. The monoisotopic (exact) mass is 624 g/mol. The molecule has 4 bridgehead atoms. The van der Waals surface area contributed by atoms with Gasteiger partial charge in [-0.15, -0.1) is 0 Å². The van der Waals surface area contributed by atoms with Gasteiger partial charge in [-0.25, -0.2) is 4.39 Å². The lowest BCUT2D eigenvalue weighted by Gasteiger charge is -2.42. The standard InChI is InChI=1S/C34H49FN6O4/c1-22(2)39-15-10-24-18-31(42)38-16-11-28(12-17-38)40-14-3-4-29(40)33(44)37-27-19-30(32(43)36-13-9-25(24)20-39)41(21-27)34(45)23-5-7-26(35)8-6-23/h5-8,22,24-25,27-30H,3-4,9-21H2,1-2H3,(H,36,43)(H,37,44)/t24-,25-,27-,29-,30-/m0/s1. The normalized spacial score (nSPS) is 32.4. The highest BCUT2D eigenvalue weighted by atomic mass is 19.1. The summed E-state index contributed by atoms with van der Waals surface area (Å²) in [6, 6.07) is 4.70. The van der Waals surface area contributed by atoms with E-state index in [9.17, 15) is 23.6 Å². The summed E-state index contributed by atoms with van der Waals surface area (Å²) >= 11 is 0. The molecule has 6 heterocycles. The van der Waals surface area contributed by atoms with Crippen molar-refractivity contribution >= 4 is 23.6 Å². The lowest BCUT2D eigenvalue weighted by molar-refractivity contribution is -0.136. The third-order valence-electron chi connectivity index (χ3n) is 11.1. The third-order valence-corrected chi connectivity index (χ3v) is 11.1. The Morgan fingerprint density at radius 1 is 0.867 bits per heavy atom. The van der Waals surface area contributed by atoms with Crippen LogP contribution in [0.5, 0.6) is 0 Å². The number of likely N-dealkylation sites (tertiary alicyclic amines) is 2. The Labute approximate surface area is 266 Å². The van der Waals surface area contributed by atoms with Gasteiger partial charge < -0.3 is 25.3 Å². The van der Waals surface area contributed by atoms with Crippen LogP contribution in [0, 0.1) is 17.7 Å². The maximum Gasteiger partial charge on any atom is 0.254 e. The Bertz CT molecular complexity index is 1250. The molecule has 0 radical (unpaired) electrons. The number of fused-ring (bicyclic) bond motifs is 7. The van der Waals surface area contributed by atoms with E-state index in [0.29, 0.717) is 31.0 Å². The Morgan fingerprint density at radius 3 is 2.36 bits per heavy atom. The second-order valence-electron chi connectivity index (χ2n) is 14.1. The number of amides is 4. The van der Waals surface area contributed by atoms with Gasteiger partial charge in [0, 0.05) is 62.8 Å². The van der Waals surface area contributed by atoms with Crippen LogP contribution < -0.4 is 10.6 Å². The number of rotatable bonds is 2. The molecule has 5 atom stereocenters. The number of benzene rings is 1. The molecular weight excluding hydrogens is 575 g/mol. The van der Waals surface area contributed by atoms with E-state index < -0.39 is 11.9 Å². The zero-order valence-electron chi connectivity index (χ0n) is 26.8. The minimum atomic E-state index is -0.742. The lowest BCUT2D eigenvalue weighted by Crippen LogP contribution is -2.54. The van der Waals surface area contributed by atoms with Crippen LogP contribution in [0.15, 0.2) is 24.3 Å². The quantitative estimate of drug-likeness (QED) is 0.523. The lowest BCUT2D eigenvalue weighted by atomic mass is 9.80. The fraction of sp³-hybridized carbons (Fsp3) is 0.706. The number of nitrogens with zero attached hydrogens (tertiary/aromatic N) is 4. The van der Waals surface area contributed by atoms with E-state index in [1.54, 1.807) is 0 Å². The molecule has 0 aromatic heterocycles. The first kappa shape index (κ1) is 31.9. The van der Waals surface area contributed by atoms with Crippen molar-refractivity contribution in [2.75, 3.05) is 45.8 Å². The van der Waals surface area contributed by atoms with Gasteiger partial charge in [0.05, 0.1) is 6.04 Å². The predicted molar refractivity (Wildman–Crippen MR) is 168 cm³/mol. The van der Waals surface area contributed by atoms with Gasteiger partial charge in [0.2, 0.25) is 17.7 Å². The van der Waals surface area contributed by atoms with Gasteiger partial charge in [0.15, 0.2) is 0 Å². The van der Waals surface area contributed by atoms with Gasteiger partial charge >= 0.3 is 0 Å². The maximum atomic E-state index is 13.7. The van der Waals surface area contributed by atoms with Crippen molar-refractivity contribution < 1.29 is 23.6 Å². The minimum Gasteiger partial charge on any atom is -0.354 e. The summed E-state index contributed by atoms with van der Waals surface area (Å²) in [5.74, 6) is -0.297. The molecule has 6 saturated heterocycles. The van der Waals surface area contributed by atoms with Crippen molar-refractivity contribution in [1.29, 1.82) is 0 Å². The third kappa shape index (κ3) is 7.04. The molecule has 246 valence electrons. The largest absolute Gasteiger partial charge is 0.354 e. The minimum absolute atomic E-state index is 0.0528. The molecule has 4 amide bonds. The van der Waals surface area contributed by atoms with Gasteiger partial charge in [-0.2, -0.15) is 0 Å². The number of halogens is 1. The summed E-state index contributed by atoms with van der Waals surface area (Å²) in [5.41, 5.74) is 0.312. The molecule has 10 nitrogen and oxygen atoms in total. The molecular formula is C34H49FN6O4. The fourth-order valence-electron chi connectivity index (χ4n) is 8.45. The van der Waals surface area contributed by atoms with Gasteiger partial charge in [-0.1, -0.05) is 0 Å². The van der Waals surface area contributed by atoms with Gasteiger partial charge in [0.25, 0.3) is 5.91 Å². The summed E-state index contributed by atoms with van der Waals surface area (Å²) in [6.45, 7) is 9.27. The zero-order valence-corrected chi connectivity index (χ0v) is 26.8.